The molecule has 0 aliphatic carbocycles. The number of nitrogens with two attached hydrogens (primary N) is 1. The predicted molar refractivity (Wildman–Crippen MR) is 83.7 cm³/mol. The van der Waals surface area contributed by atoms with Gasteiger partial charge < -0.3 is 11.1 Å². The fourth-order valence-corrected chi connectivity index (χ4v) is 3.11. The quantitative estimate of drug-likeness (QED) is 0.889. The minimum atomic E-state index is -0.608. The zero-order valence-corrected chi connectivity index (χ0v) is 12.6. The molecular formula is C16H20N2OS. The maximum Gasteiger partial charge on any atom is 0.241 e. The zero-order chi connectivity index (χ0) is 14.5. The van der Waals surface area contributed by atoms with Gasteiger partial charge in [-0.1, -0.05) is 30.3 Å². The molecule has 3 nitrogen and oxygen atoms in total. The summed E-state index contributed by atoms with van der Waals surface area (Å²) in [6.45, 7) is 4.09. The Bertz CT molecular complexity index is 565. The molecule has 1 aromatic carbocycles. The standard InChI is InChI=1S/C16H20N2OS/c1-11(10-14-9-8-12(2)20-14)18-16(19)15(17)13-6-4-3-5-7-13/h3-9,11,15H,10,17H2,1-2H3,(H,18,19). The summed E-state index contributed by atoms with van der Waals surface area (Å²) in [6, 6.07) is 13.1. The molecule has 2 aromatic rings. The molecule has 20 heavy (non-hydrogen) atoms. The first-order valence-corrected chi connectivity index (χ1v) is 7.54. The second-order valence-corrected chi connectivity index (χ2v) is 6.39. The molecule has 1 heterocycles. The van der Waals surface area contributed by atoms with E-state index in [1.54, 1.807) is 11.3 Å². The van der Waals surface area contributed by atoms with E-state index in [9.17, 15) is 4.79 Å². The Labute approximate surface area is 123 Å². The fraction of sp³-hybridized carbons (Fsp3) is 0.312. The highest BCUT2D eigenvalue weighted by Gasteiger charge is 2.17. The molecule has 3 N–H and O–H groups in total. The van der Waals surface area contributed by atoms with E-state index in [2.05, 4.69) is 24.4 Å². The van der Waals surface area contributed by atoms with Crippen molar-refractivity contribution in [1.82, 2.24) is 5.32 Å². The number of hydrogen-bond acceptors (Lipinski definition) is 3. The maximum atomic E-state index is 12.1. The third-order valence-electron chi connectivity index (χ3n) is 3.13. The number of thiophene rings is 1. The van der Waals surface area contributed by atoms with E-state index in [0.29, 0.717) is 0 Å². The third kappa shape index (κ3) is 3.92. The van der Waals surface area contributed by atoms with Crippen molar-refractivity contribution < 1.29 is 4.79 Å². The molecule has 106 valence electrons. The second kappa shape index (κ2) is 6.68. The molecule has 0 saturated carbocycles. The van der Waals surface area contributed by atoms with Gasteiger partial charge in [0.15, 0.2) is 0 Å². The molecule has 1 amide bonds. The summed E-state index contributed by atoms with van der Waals surface area (Å²) in [6.07, 6.45) is 0.839. The first kappa shape index (κ1) is 14.8. The van der Waals surface area contributed by atoms with E-state index in [1.807, 2.05) is 37.3 Å². The number of benzene rings is 1. The van der Waals surface area contributed by atoms with Crippen LogP contribution in [0.5, 0.6) is 0 Å². The van der Waals surface area contributed by atoms with Crippen LogP contribution in [0.25, 0.3) is 0 Å². The molecule has 0 aliphatic rings. The van der Waals surface area contributed by atoms with Gasteiger partial charge in [-0.25, -0.2) is 0 Å². The Kier molecular flexibility index (Phi) is 4.93. The van der Waals surface area contributed by atoms with Crippen molar-refractivity contribution in [2.45, 2.75) is 32.4 Å². The lowest BCUT2D eigenvalue weighted by atomic mass is 10.1. The van der Waals surface area contributed by atoms with E-state index in [1.165, 1.54) is 9.75 Å². The molecular weight excluding hydrogens is 268 g/mol. The topological polar surface area (TPSA) is 55.1 Å². The SMILES string of the molecule is Cc1ccc(CC(C)NC(=O)C(N)c2ccccc2)s1. The van der Waals surface area contributed by atoms with Crippen molar-refractivity contribution in [2.24, 2.45) is 5.73 Å². The molecule has 0 fully saturated rings. The molecule has 2 rings (SSSR count). The highest BCUT2D eigenvalue weighted by molar-refractivity contribution is 7.11. The van der Waals surface area contributed by atoms with E-state index in [0.717, 1.165) is 12.0 Å². The molecule has 0 radical (unpaired) electrons. The van der Waals surface area contributed by atoms with Gasteiger partial charge >= 0.3 is 0 Å². The van der Waals surface area contributed by atoms with Gasteiger partial charge in [0.1, 0.15) is 6.04 Å². The predicted octanol–water partition coefficient (Wildman–Crippen LogP) is 2.80. The van der Waals surface area contributed by atoms with Crippen molar-refractivity contribution in [3.05, 3.63) is 57.8 Å². The van der Waals surface area contributed by atoms with Crippen molar-refractivity contribution in [3.8, 4) is 0 Å². The zero-order valence-electron chi connectivity index (χ0n) is 11.8. The van der Waals surface area contributed by atoms with Crippen LogP contribution in [0.4, 0.5) is 0 Å². The molecule has 0 aliphatic heterocycles. The fourth-order valence-electron chi connectivity index (χ4n) is 2.09. The number of hydrogen-bond donors (Lipinski definition) is 2. The molecule has 0 bridgehead atoms. The lowest BCUT2D eigenvalue weighted by Gasteiger charge is -2.17. The number of carbonyl (C=O) groups is 1. The number of amides is 1. The summed E-state index contributed by atoms with van der Waals surface area (Å²) in [7, 11) is 0. The number of carbonyl (C=O) groups excluding carboxylic acids is 1. The van der Waals surface area contributed by atoms with Gasteiger partial charge in [0, 0.05) is 22.2 Å². The highest BCUT2D eigenvalue weighted by Crippen LogP contribution is 2.17. The largest absolute Gasteiger partial charge is 0.352 e. The van der Waals surface area contributed by atoms with Crippen LogP contribution in [-0.2, 0) is 11.2 Å². The Balaban J connectivity index is 1.90. The Morgan fingerprint density at radius 2 is 1.95 bits per heavy atom. The van der Waals surface area contributed by atoms with Crippen molar-refractivity contribution >= 4 is 17.2 Å². The van der Waals surface area contributed by atoms with E-state index in [-0.39, 0.29) is 11.9 Å². The van der Waals surface area contributed by atoms with E-state index < -0.39 is 6.04 Å². The van der Waals surface area contributed by atoms with Gasteiger partial charge in [0.2, 0.25) is 5.91 Å². The second-order valence-electron chi connectivity index (χ2n) is 5.01. The molecule has 0 spiro atoms. The lowest BCUT2D eigenvalue weighted by Crippen LogP contribution is -2.40. The van der Waals surface area contributed by atoms with Crippen LogP contribution in [0.15, 0.2) is 42.5 Å². The van der Waals surface area contributed by atoms with Gasteiger partial charge in [-0.2, -0.15) is 0 Å². The smallest absolute Gasteiger partial charge is 0.241 e. The van der Waals surface area contributed by atoms with Crippen LogP contribution in [-0.4, -0.2) is 11.9 Å². The molecule has 2 unspecified atom stereocenters. The molecule has 4 heteroatoms. The lowest BCUT2D eigenvalue weighted by molar-refractivity contribution is -0.123. The summed E-state index contributed by atoms with van der Waals surface area (Å²) in [5.74, 6) is -0.128. The summed E-state index contributed by atoms with van der Waals surface area (Å²) in [5.41, 5.74) is 6.81. The minimum absolute atomic E-state index is 0.0790. The van der Waals surface area contributed by atoms with Crippen LogP contribution in [0.1, 0.15) is 28.3 Å². The van der Waals surface area contributed by atoms with Gasteiger partial charge in [-0.05, 0) is 31.5 Å². The van der Waals surface area contributed by atoms with Gasteiger partial charge in [0.25, 0.3) is 0 Å². The Hall–Kier alpha value is -1.65. The van der Waals surface area contributed by atoms with Crippen molar-refractivity contribution in [2.75, 3.05) is 0 Å². The summed E-state index contributed by atoms with van der Waals surface area (Å²) in [5, 5.41) is 2.98. The first-order valence-electron chi connectivity index (χ1n) is 6.72. The van der Waals surface area contributed by atoms with Gasteiger partial charge in [-0.3, -0.25) is 4.79 Å². The molecule has 1 aromatic heterocycles. The first-order chi connectivity index (χ1) is 9.56. The summed E-state index contributed by atoms with van der Waals surface area (Å²) < 4.78 is 0. The van der Waals surface area contributed by atoms with Crippen LogP contribution >= 0.6 is 11.3 Å². The monoisotopic (exact) mass is 288 g/mol. The summed E-state index contributed by atoms with van der Waals surface area (Å²) in [4.78, 5) is 14.7. The summed E-state index contributed by atoms with van der Waals surface area (Å²) >= 11 is 1.77. The van der Waals surface area contributed by atoms with Gasteiger partial charge in [0.05, 0.1) is 0 Å². The van der Waals surface area contributed by atoms with Crippen LogP contribution < -0.4 is 11.1 Å². The molecule has 2 atom stereocenters. The van der Waals surface area contributed by atoms with Gasteiger partial charge in [-0.15, -0.1) is 11.3 Å². The van der Waals surface area contributed by atoms with Crippen LogP contribution in [0.2, 0.25) is 0 Å². The number of nitrogens with one attached hydrogen (secondary N) is 1. The normalized spacial score (nSPS) is 13.8. The average Bonchev–Trinajstić information content (AvgIpc) is 2.84. The van der Waals surface area contributed by atoms with Crippen molar-refractivity contribution in [1.29, 1.82) is 0 Å². The Morgan fingerprint density at radius 3 is 2.55 bits per heavy atom. The van der Waals surface area contributed by atoms with E-state index in [4.69, 9.17) is 5.73 Å². The Morgan fingerprint density at radius 1 is 1.25 bits per heavy atom. The van der Waals surface area contributed by atoms with Crippen LogP contribution in [0, 0.1) is 6.92 Å². The minimum Gasteiger partial charge on any atom is -0.352 e. The third-order valence-corrected chi connectivity index (χ3v) is 4.16. The number of rotatable bonds is 5. The average molecular weight is 288 g/mol. The molecule has 0 saturated heterocycles. The van der Waals surface area contributed by atoms with Crippen LogP contribution in [0.3, 0.4) is 0 Å². The maximum absolute atomic E-state index is 12.1. The van der Waals surface area contributed by atoms with Crippen molar-refractivity contribution in [3.63, 3.8) is 0 Å². The number of aryl methyl sites for hydroxylation is 1. The van der Waals surface area contributed by atoms with E-state index >= 15 is 0 Å². The highest BCUT2D eigenvalue weighted by atomic mass is 32.1.